The first-order valence-corrected chi connectivity index (χ1v) is 3.82. The molecule has 0 aliphatic carbocycles. The fraction of sp³-hybridized carbons (Fsp3) is 0.111. The number of phenolic OH excluding ortho intramolecular Hbond substituents is 1. The molecular weight excluding hydrogens is 210 g/mol. The summed E-state index contributed by atoms with van der Waals surface area (Å²) in [7, 11) is 0. The number of ketones is 1. The Morgan fingerprint density at radius 2 is 1.87 bits per heavy atom. The van der Waals surface area contributed by atoms with Gasteiger partial charge in [-0.25, -0.2) is 13.6 Å². The number of Topliss-reactive ketones (excluding diaryl/α,β-unsaturated/α-hetero) is 1. The highest BCUT2D eigenvalue weighted by molar-refractivity contribution is 6.40. The molecule has 6 heteroatoms. The number of carboxylic acids is 1. The van der Waals surface area contributed by atoms with Gasteiger partial charge in [0.25, 0.3) is 12.2 Å². The van der Waals surface area contributed by atoms with Gasteiger partial charge in [0.2, 0.25) is 0 Å². The van der Waals surface area contributed by atoms with E-state index in [2.05, 4.69) is 0 Å². The minimum absolute atomic E-state index is 0.477. The second kappa shape index (κ2) is 4.04. The summed E-state index contributed by atoms with van der Waals surface area (Å²) in [6.07, 6.45) is -2.79. The van der Waals surface area contributed by atoms with Crippen LogP contribution in [0.3, 0.4) is 0 Å². The van der Waals surface area contributed by atoms with Gasteiger partial charge in [-0.05, 0) is 12.1 Å². The van der Waals surface area contributed by atoms with Gasteiger partial charge in [0.15, 0.2) is 0 Å². The number of aromatic hydroxyl groups is 1. The van der Waals surface area contributed by atoms with Crippen molar-refractivity contribution < 1.29 is 28.6 Å². The van der Waals surface area contributed by atoms with Crippen molar-refractivity contribution in [3.8, 4) is 5.75 Å². The molecular formula is C9H6F2O4. The maximum absolute atomic E-state index is 12.1. The fourth-order valence-corrected chi connectivity index (χ4v) is 0.992. The summed E-state index contributed by atoms with van der Waals surface area (Å²) in [6.45, 7) is 0. The third kappa shape index (κ3) is 2.28. The Bertz CT molecular complexity index is 415. The first-order valence-electron chi connectivity index (χ1n) is 3.82. The summed E-state index contributed by atoms with van der Waals surface area (Å²) in [5, 5.41) is 17.5. The van der Waals surface area contributed by atoms with Gasteiger partial charge in [-0.15, -0.1) is 0 Å². The van der Waals surface area contributed by atoms with E-state index in [1.165, 1.54) is 0 Å². The normalized spacial score (nSPS) is 10.3. The molecule has 15 heavy (non-hydrogen) atoms. The standard InChI is InChI=1S/C9H6F2O4/c10-8(11)4-1-2-5(6(12)3-4)7(13)9(14)15/h1-3,8,12H,(H,14,15). The molecule has 0 atom stereocenters. The highest BCUT2D eigenvalue weighted by atomic mass is 19.3. The van der Waals surface area contributed by atoms with Crippen molar-refractivity contribution in [1.82, 2.24) is 0 Å². The van der Waals surface area contributed by atoms with Crippen LogP contribution < -0.4 is 0 Å². The maximum Gasteiger partial charge on any atom is 0.377 e. The summed E-state index contributed by atoms with van der Waals surface area (Å²) in [5.41, 5.74) is -0.985. The van der Waals surface area contributed by atoms with Crippen LogP contribution in [0, 0.1) is 0 Å². The first kappa shape index (κ1) is 11.1. The molecule has 1 aromatic carbocycles. The van der Waals surface area contributed by atoms with Gasteiger partial charge in [-0.3, -0.25) is 4.79 Å². The smallest absolute Gasteiger partial charge is 0.377 e. The summed E-state index contributed by atoms with van der Waals surface area (Å²) >= 11 is 0. The van der Waals surface area contributed by atoms with Crippen LogP contribution in [0.2, 0.25) is 0 Å². The lowest BCUT2D eigenvalue weighted by Crippen LogP contribution is -2.12. The molecule has 0 heterocycles. The quantitative estimate of drug-likeness (QED) is 0.594. The molecule has 0 saturated heterocycles. The highest BCUT2D eigenvalue weighted by Crippen LogP contribution is 2.25. The monoisotopic (exact) mass is 216 g/mol. The molecule has 0 saturated carbocycles. The number of carboxylic acid groups (broad SMARTS) is 1. The minimum atomic E-state index is -2.79. The lowest BCUT2D eigenvalue weighted by molar-refractivity contribution is -0.131. The van der Waals surface area contributed by atoms with Gasteiger partial charge < -0.3 is 10.2 Å². The van der Waals surface area contributed by atoms with Crippen molar-refractivity contribution in [2.24, 2.45) is 0 Å². The van der Waals surface area contributed by atoms with Crippen molar-refractivity contribution in [3.63, 3.8) is 0 Å². The van der Waals surface area contributed by atoms with Crippen molar-refractivity contribution in [2.45, 2.75) is 6.43 Å². The average Bonchev–Trinajstić information content (AvgIpc) is 2.16. The number of carbonyl (C=O) groups is 2. The van der Waals surface area contributed by atoms with E-state index >= 15 is 0 Å². The first-order chi connectivity index (χ1) is 6.93. The van der Waals surface area contributed by atoms with Crippen LogP contribution in [-0.2, 0) is 4.79 Å². The highest BCUT2D eigenvalue weighted by Gasteiger charge is 2.20. The summed E-state index contributed by atoms with van der Waals surface area (Å²) in [6, 6.07) is 2.41. The molecule has 0 unspecified atom stereocenters. The zero-order valence-corrected chi connectivity index (χ0v) is 7.28. The molecule has 0 bridgehead atoms. The molecule has 0 radical (unpaired) electrons. The van der Waals surface area contributed by atoms with E-state index in [1.807, 2.05) is 0 Å². The number of aliphatic carboxylic acids is 1. The maximum atomic E-state index is 12.1. The number of hydrogen-bond donors (Lipinski definition) is 2. The largest absolute Gasteiger partial charge is 0.507 e. The molecule has 0 aliphatic rings. The Morgan fingerprint density at radius 3 is 2.27 bits per heavy atom. The van der Waals surface area contributed by atoms with Crippen LogP contribution in [0.5, 0.6) is 5.75 Å². The van der Waals surface area contributed by atoms with E-state index in [0.29, 0.717) is 6.07 Å². The zero-order valence-electron chi connectivity index (χ0n) is 7.28. The number of rotatable bonds is 3. The molecule has 0 spiro atoms. The summed E-state index contributed by atoms with van der Waals surface area (Å²) in [4.78, 5) is 21.2. The van der Waals surface area contributed by atoms with Crippen molar-refractivity contribution >= 4 is 11.8 Å². The van der Waals surface area contributed by atoms with Crippen LogP contribution in [0.15, 0.2) is 18.2 Å². The second-order valence-electron chi connectivity index (χ2n) is 2.71. The van der Waals surface area contributed by atoms with E-state index in [-0.39, 0.29) is 0 Å². The number of phenols is 1. The fourth-order valence-electron chi connectivity index (χ4n) is 0.992. The Balaban J connectivity index is 3.14. The average molecular weight is 216 g/mol. The van der Waals surface area contributed by atoms with Crippen molar-refractivity contribution in [3.05, 3.63) is 29.3 Å². The lowest BCUT2D eigenvalue weighted by atomic mass is 10.1. The molecule has 80 valence electrons. The van der Waals surface area contributed by atoms with E-state index in [9.17, 15) is 18.4 Å². The van der Waals surface area contributed by atoms with E-state index in [0.717, 1.165) is 12.1 Å². The molecule has 2 N–H and O–H groups in total. The Kier molecular flexibility index (Phi) is 2.99. The Labute approximate surface area is 82.8 Å². The Morgan fingerprint density at radius 1 is 1.27 bits per heavy atom. The predicted octanol–water partition coefficient (Wildman–Crippen LogP) is 1.60. The number of alkyl halides is 2. The molecule has 0 aliphatic heterocycles. The third-order valence-electron chi connectivity index (χ3n) is 1.71. The number of benzene rings is 1. The second-order valence-corrected chi connectivity index (χ2v) is 2.71. The molecule has 1 aromatic rings. The van der Waals surface area contributed by atoms with Crippen LogP contribution in [0.1, 0.15) is 22.3 Å². The zero-order chi connectivity index (χ0) is 11.6. The topological polar surface area (TPSA) is 74.6 Å². The van der Waals surface area contributed by atoms with Crippen molar-refractivity contribution in [1.29, 1.82) is 0 Å². The number of halogens is 2. The van der Waals surface area contributed by atoms with Crippen LogP contribution >= 0.6 is 0 Å². The van der Waals surface area contributed by atoms with Crippen LogP contribution in [-0.4, -0.2) is 22.0 Å². The van der Waals surface area contributed by atoms with E-state index in [1.54, 1.807) is 0 Å². The molecule has 0 amide bonds. The van der Waals surface area contributed by atoms with Gasteiger partial charge in [-0.2, -0.15) is 0 Å². The van der Waals surface area contributed by atoms with Gasteiger partial charge in [0, 0.05) is 5.56 Å². The molecule has 4 nitrogen and oxygen atoms in total. The van der Waals surface area contributed by atoms with Gasteiger partial charge in [-0.1, -0.05) is 6.07 Å². The summed E-state index contributed by atoms with van der Waals surface area (Å²) < 4.78 is 24.3. The van der Waals surface area contributed by atoms with E-state index < -0.39 is 35.1 Å². The van der Waals surface area contributed by atoms with Gasteiger partial charge >= 0.3 is 5.97 Å². The molecule has 1 rings (SSSR count). The van der Waals surface area contributed by atoms with Crippen LogP contribution in [0.25, 0.3) is 0 Å². The Hall–Kier alpha value is -1.98. The number of hydrogen-bond acceptors (Lipinski definition) is 3. The van der Waals surface area contributed by atoms with Gasteiger partial charge in [0.1, 0.15) is 5.75 Å². The predicted molar refractivity (Wildman–Crippen MR) is 45.0 cm³/mol. The summed E-state index contributed by atoms with van der Waals surface area (Å²) in [5.74, 6) is -3.86. The van der Waals surface area contributed by atoms with Crippen molar-refractivity contribution in [2.75, 3.05) is 0 Å². The lowest BCUT2D eigenvalue weighted by Gasteiger charge is -2.03. The third-order valence-corrected chi connectivity index (χ3v) is 1.71. The SMILES string of the molecule is O=C(O)C(=O)c1ccc(C(F)F)cc1O. The van der Waals surface area contributed by atoms with E-state index in [4.69, 9.17) is 10.2 Å². The molecule has 0 fully saturated rings. The van der Waals surface area contributed by atoms with Gasteiger partial charge in [0.05, 0.1) is 5.56 Å². The minimum Gasteiger partial charge on any atom is -0.507 e. The van der Waals surface area contributed by atoms with Crippen LogP contribution in [0.4, 0.5) is 8.78 Å². The number of carbonyl (C=O) groups excluding carboxylic acids is 1. The molecule has 0 aromatic heterocycles.